The number of hydrogen-bond donors (Lipinski definition) is 1. The smallest absolute Gasteiger partial charge is 0.333 e. The molecule has 0 saturated heterocycles. The first kappa shape index (κ1) is 14.9. The second-order valence-corrected chi connectivity index (χ2v) is 5.45. The van der Waals surface area contributed by atoms with Gasteiger partial charge in [-0.05, 0) is 30.3 Å². The number of hydrogen-bond acceptors (Lipinski definition) is 3. The number of methoxy groups -OCH3 is 1. The quantitative estimate of drug-likeness (QED) is 0.826. The largest absolute Gasteiger partial charge is 0.467 e. The summed E-state index contributed by atoms with van der Waals surface area (Å²) in [5, 5.41) is 3.66. The zero-order chi connectivity index (χ0) is 14.5. The van der Waals surface area contributed by atoms with Crippen molar-refractivity contribution in [2.75, 3.05) is 12.4 Å². The summed E-state index contributed by atoms with van der Waals surface area (Å²) < 4.78 is 5.82. The summed E-state index contributed by atoms with van der Waals surface area (Å²) in [6, 6.07) is 14.1. The minimum absolute atomic E-state index is 0.388. The van der Waals surface area contributed by atoms with Crippen LogP contribution in [0.15, 0.2) is 53.0 Å². The van der Waals surface area contributed by atoms with Gasteiger partial charge in [0.15, 0.2) is 6.04 Å². The Morgan fingerprint density at radius 1 is 1.20 bits per heavy atom. The summed E-state index contributed by atoms with van der Waals surface area (Å²) in [6.07, 6.45) is 0. The van der Waals surface area contributed by atoms with E-state index in [4.69, 9.17) is 16.3 Å². The number of rotatable bonds is 4. The molecule has 1 atom stereocenters. The van der Waals surface area contributed by atoms with Crippen molar-refractivity contribution in [2.45, 2.75) is 6.04 Å². The van der Waals surface area contributed by atoms with Crippen LogP contribution < -0.4 is 5.32 Å². The van der Waals surface area contributed by atoms with E-state index in [1.54, 1.807) is 12.1 Å². The van der Waals surface area contributed by atoms with E-state index < -0.39 is 6.04 Å². The fourth-order valence-corrected chi connectivity index (χ4v) is 2.31. The fourth-order valence-electron chi connectivity index (χ4n) is 1.80. The molecule has 1 N–H and O–H groups in total. The van der Waals surface area contributed by atoms with Crippen LogP contribution in [0.25, 0.3) is 0 Å². The van der Waals surface area contributed by atoms with Crippen molar-refractivity contribution in [3.05, 3.63) is 63.6 Å². The Morgan fingerprint density at radius 3 is 2.45 bits per heavy atom. The number of esters is 1. The molecule has 104 valence electrons. The second kappa shape index (κ2) is 6.77. The van der Waals surface area contributed by atoms with Gasteiger partial charge < -0.3 is 10.1 Å². The van der Waals surface area contributed by atoms with E-state index in [2.05, 4.69) is 21.2 Å². The van der Waals surface area contributed by atoms with Crippen molar-refractivity contribution in [1.29, 1.82) is 0 Å². The van der Waals surface area contributed by atoms with Crippen molar-refractivity contribution >= 4 is 39.2 Å². The predicted molar refractivity (Wildman–Crippen MR) is 84.0 cm³/mol. The Hall–Kier alpha value is -1.52. The predicted octanol–water partition coefficient (Wildman–Crippen LogP) is 4.43. The highest BCUT2D eigenvalue weighted by molar-refractivity contribution is 9.10. The molecule has 2 aromatic carbocycles. The number of carbonyl (C=O) groups is 1. The first-order valence-corrected chi connectivity index (χ1v) is 7.13. The second-order valence-electron chi connectivity index (χ2n) is 4.13. The molecule has 0 spiro atoms. The Kier molecular flexibility index (Phi) is 5.04. The highest BCUT2D eigenvalue weighted by Crippen LogP contribution is 2.27. The van der Waals surface area contributed by atoms with Gasteiger partial charge in [0.1, 0.15) is 0 Å². The maximum atomic E-state index is 12.0. The standard InChI is InChI=1S/C15H13BrClNO2/c1-20-15(19)14(12-4-2-3-5-13(12)17)18-11-8-6-10(16)7-9-11/h2-9,14,18H,1H3. The third kappa shape index (κ3) is 3.52. The number of ether oxygens (including phenoxy) is 1. The molecular weight excluding hydrogens is 342 g/mol. The van der Waals surface area contributed by atoms with Crippen LogP contribution in [0.1, 0.15) is 11.6 Å². The summed E-state index contributed by atoms with van der Waals surface area (Å²) in [7, 11) is 1.36. The number of nitrogens with one attached hydrogen (secondary N) is 1. The molecular formula is C15H13BrClNO2. The van der Waals surface area contributed by atoms with Crippen molar-refractivity contribution in [2.24, 2.45) is 0 Å². The van der Waals surface area contributed by atoms with E-state index in [0.29, 0.717) is 10.6 Å². The molecule has 0 radical (unpaired) electrons. The first-order chi connectivity index (χ1) is 9.61. The zero-order valence-electron chi connectivity index (χ0n) is 10.8. The van der Waals surface area contributed by atoms with Crippen molar-refractivity contribution in [1.82, 2.24) is 0 Å². The van der Waals surface area contributed by atoms with Gasteiger partial charge in [0, 0.05) is 20.7 Å². The van der Waals surface area contributed by atoms with Crippen LogP contribution in [0, 0.1) is 0 Å². The third-order valence-corrected chi connectivity index (χ3v) is 3.68. The normalized spacial score (nSPS) is 11.8. The van der Waals surface area contributed by atoms with Crippen LogP contribution in [-0.4, -0.2) is 13.1 Å². The van der Waals surface area contributed by atoms with Gasteiger partial charge in [-0.1, -0.05) is 45.7 Å². The fraction of sp³-hybridized carbons (Fsp3) is 0.133. The molecule has 20 heavy (non-hydrogen) atoms. The summed E-state index contributed by atoms with van der Waals surface area (Å²) in [5.74, 6) is -0.388. The molecule has 0 aliphatic carbocycles. The van der Waals surface area contributed by atoms with Crippen LogP contribution in [-0.2, 0) is 9.53 Å². The van der Waals surface area contributed by atoms with Crippen LogP contribution in [0.2, 0.25) is 5.02 Å². The third-order valence-electron chi connectivity index (χ3n) is 2.81. The van der Waals surface area contributed by atoms with Gasteiger partial charge in [0.05, 0.1) is 7.11 Å². The lowest BCUT2D eigenvalue weighted by Gasteiger charge is -2.19. The number of halogens is 2. The van der Waals surface area contributed by atoms with Gasteiger partial charge in [-0.25, -0.2) is 4.79 Å². The Morgan fingerprint density at radius 2 is 1.85 bits per heavy atom. The van der Waals surface area contributed by atoms with Crippen molar-refractivity contribution < 1.29 is 9.53 Å². The van der Waals surface area contributed by atoms with E-state index in [1.807, 2.05) is 36.4 Å². The summed E-state index contributed by atoms with van der Waals surface area (Å²) in [5.41, 5.74) is 1.49. The van der Waals surface area contributed by atoms with Gasteiger partial charge >= 0.3 is 5.97 Å². The zero-order valence-corrected chi connectivity index (χ0v) is 13.1. The Labute approximate surface area is 131 Å². The average molecular weight is 355 g/mol. The topological polar surface area (TPSA) is 38.3 Å². The average Bonchev–Trinajstić information content (AvgIpc) is 2.47. The molecule has 0 aromatic heterocycles. The molecule has 0 aliphatic heterocycles. The molecule has 0 saturated carbocycles. The summed E-state index contributed by atoms with van der Waals surface area (Å²) >= 11 is 9.53. The molecule has 0 aliphatic rings. The van der Waals surface area contributed by atoms with Gasteiger partial charge in [0.25, 0.3) is 0 Å². The van der Waals surface area contributed by atoms with Gasteiger partial charge in [0.2, 0.25) is 0 Å². The minimum Gasteiger partial charge on any atom is -0.467 e. The van der Waals surface area contributed by atoms with E-state index in [0.717, 1.165) is 10.2 Å². The molecule has 5 heteroatoms. The van der Waals surface area contributed by atoms with Gasteiger partial charge in [-0.15, -0.1) is 0 Å². The number of anilines is 1. The van der Waals surface area contributed by atoms with Crippen LogP contribution in [0.3, 0.4) is 0 Å². The summed E-state index contributed by atoms with van der Waals surface area (Å²) in [4.78, 5) is 12.0. The van der Waals surface area contributed by atoms with Gasteiger partial charge in [-0.3, -0.25) is 0 Å². The van der Waals surface area contributed by atoms with Crippen LogP contribution >= 0.6 is 27.5 Å². The maximum Gasteiger partial charge on any atom is 0.333 e. The number of carbonyl (C=O) groups excluding carboxylic acids is 1. The maximum absolute atomic E-state index is 12.0. The molecule has 0 fully saturated rings. The lowest BCUT2D eigenvalue weighted by atomic mass is 10.1. The molecule has 0 bridgehead atoms. The summed E-state index contributed by atoms with van der Waals surface area (Å²) in [6.45, 7) is 0. The Balaban J connectivity index is 2.31. The molecule has 2 aromatic rings. The van der Waals surface area contributed by atoms with Gasteiger partial charge in [-0.2, -0.15) is 0 Å². The van der Waals surface area contributed by atoms with Crippen LogP contribution in [0.5, 0.6) is 0 Å². The van der Waals surface area contributed by atoms with Crippen molar-refractivity contribution in [3.63, 3.8) is 0 Å². The highest BCUT2D eigenvalue weighted by Gasteiger charge is 2.23. The van der Waals surface area contributed by atoms with E-state index in [9.17, 15) is 4.79 Å². The Bertz CT molecular complexity index is 601. The number of benzene rings is 2. The van der Waals surface area contributed by atoms with E-state index >= 15 is 0 Å². The lowest BCUT2D eigenvalue weighted by Crippen LogP contribution is -2.22. The lowest BCUT2D eigenvalue weighted by molar-refractivity contribution is -0.141. The van der Waals surface area contributed by atoms with Crippen molar-refractivity contribution in [3.8, 4) is 0 Å². The SMILES string of the molecule is COC(=O)C(Nc1ccc(Br)cc1)c1ccccc1Cl. The first-order valence-electron chi connectivity index (χ1n) is 5.96. The van der Waals surface area contributed by atoms with Crippen LogP contribution in [0.4, 0.5) is 5.69 Å². The van der Waals surface area contributed by atoms with E-state index in [-0.39, 0.29) is 5.97 Å². The van der Waals surface area contributed by atoms with E-state index in [1.165, 1.54) is 7.11 Å². The molecule has 3 nitrogen and oxygen atoms in total. The molecule has 1 unspecified atom stereocenters. The molecule has 0 amide bonds. The molecule has 0 heterocycles. The monoisotopic (exact) mass is 353 g/mol. The molecule has 2 rings (SSSR count). The minimum atomic E-state index is -0.644. The highest BCUT2D eigenvalue weighted by atomic mass is 79.9.